The maximum Gasteiger partial charge on any atom is 0.223 e. The topological polar surface area (TPSA) is 50.8 Å². The van der Waals surface area contributed by atoms with E-state index in [1.165, 1.54) is 18.4 Å². The van der Waals surface area contributed by atoms with Gasteiger partial charge in [0, 0.05) is 24.5 Å². The molecule has 1 amide bonds. The normalized spacial score (nSPS) is 28.1. The first-order valence-electron chi connectivity index (χ1n) is 10.7. The number of fused-ring (bicyclic) bond motifs is 3. The molecule has 29 heavy (non-hydrogen) atoms. The summed E-state index contributed by atoms with van der Waals surface area (Å²) in [5.74, 6) is 1.81. The molecule has 5 heteroatoms. The summed E-state index contributed by atoms with van der Waals surface area (Å²) in [6, 6.07) is 19.4. The second-order valence-corrected chi connectivity index (χ2v) is 8.45. The van der Waals surface area contributed by atoms with Gasteiger partial charge < -0.3 is 14.8 Å². The zero-order valence-electron chi connectivity index (χ0n) is 16.6. The van der Waals surface area contributed by atoms with Gasteiger partial charge in [-0.15, -0.1) is 0 Å². The highest BCUT2D eigenvalue weighted by Gasteiger charge is 2.42. The van der Waals surface area contributed by atoms with Crippen LogP contribution in [0.5, 0.6) is 11.5 Å². The molecule has 3 aliphatic heterocycles. The molecule has 2 bridgehead atoms. The number of rotatable bonds is 5. The number of amides is 1. The van der Waals surface area contributed by atoms with E-state index in [1.54, 1.807) is 0 Å². The van der Waals surface area contributed by atoms with E-state index in [0.29, 0.717) is 25.2 Å². The Balaban J connectivity index is 1.14. The summed E-state index contributed by atoms with van der Waals surface area (Å²) in [7, 11) is 0. The summed E-state index contributed by atoms with van der Waals surface area (Å²) in [5.41, 5.74) is 1.36. The Morgan fingerprint density at radius 1 is 0.966 bits per heavy atom. The fraction of sp³-hybridized carbons (Fsp3) is 0.458. The number of hydrogen-bond acceptors (Lipinski definition) is 4. The van der Waals surface area contributed by atoms with Crippen LogP contribution in [-0.2, 0) is 11.3 Å². The Morgan fingerprint density at radius 2 is 1.66 bits per heavy atom. The summed E-state index contributed by atoms with van der Waals surface area (Å²) >= 11 is 0. The third-order valence-electron chi connectivity index (χ3n) is 6.53. The van der Waals surface area contributed by atoms with Crippen LogP contribution in [0.25, 0.3) is 0 Å². The number of carbonyl (C=O) groups excluding carboxylic acids is 1. The van der Waals surface area contributed by atoms with Gasteiger partial charge in [0.25, 0.3) is 0 Å². The van der Waals surface area contributed by atoms with Gasteiger partial charge in [-0.3, -0.25) is 9.69 Å². The molecule has 2 unspecified atom stereocenters. The Morgan fingerprint density at radius 3 is 2.41 bits per heavy atom. The fourth-order valence-electron chi connectivity index (χ4n) is 5.06. The highest BCUT2D eigenvalue weighted by atomic mass is 16.6. The maximum atomic E-state index is 12.8. The van der Waals surface area contributed by atoms with Crippen molar-refractivity contribution in [1.82, 2.24) is 10.2 Å². The van der Waals surface area contributed by atoms with Crippen molar-refractivity contribution in [2.75, 3.05) is 13.2 Å². The highest BCUT2D eigenvalue weighted by molar-refractivity contribution is 5.79. The van der Waals surface area contributed by atoms with Crippen LogP contribution in [0.3, 0.4) is 0 Å². The average molecular weight is 392 g/mol. The monoisotopic (exact) mass is 392 g/mol. The van der Waals surface area contributed by atoms with Crippen LogP contribution in [0, 0.1) is 5.92 Å². The van der Waals surface area contributed by atoms with Crippen LogP contribution in [-0.4, -0.2) is 42.1 Å². The van der Waals surface area contributed by atoms with Gasteiger partial charge in [-0.05, 0) is 43.4 Å². The minimum Gasteiger partial charge on any atom is -0.486 e. The lowest BCUT2D eigenvalue weighted by Crippen LogP contribution is -2.48. The highest BCUT2D eigenvalue weighted by Crippen LogP contribution is 2.39. The van der Waals surface area contributed by atoms with E-state index >= 15 is 0 Å². The van der Waals surface area contributed by atoms with Gasteiger partial charge >= 0.3 is 0 Å². The van der Waals surface area contributed by atoms with Gasteiger partial charge in [0.15, 0.2) is 11.5 Å². The number of nitrogens with zero attached hydrogens (tertiary/aromatic N) is 1. The van der Waals surface area contributed by atoms with Gasteiger partial charge in [-0.25, -0.2) is 0 Å². The van der Waals surface area contributed by atoms with Crippen molar-refractivity contribution >= 4 is 5.91 Å². The average Bonchev–Trinajstić information content (AvgIpc) is 2.99. The maximum absolute atomic E-state index is 12.8. The second kappa shape index (κ2) is 8.07. The van der Waals surface area contributed by atoms with Gasteiger partial charge in [-0.2, -0.15) is 0 Å². The first-order valence-corrected chi connectivity index (χ1v) is 10.7. The van der Waals surface area contributed by atoms with E-state index in [4.69, 9.17) is 9.47 Å². The summed E-state index contributed by atoms with van der Waals surface area (Å²) in [5, 5.41) is 3.12. The molecular weight excluding hydrogens is 364 g/mol. The summed E-state index contributed by atoms with van der Waals surface area (Å²) in [4.78, 5) is 15.5. The molecule has 0 aromatic heterocycles. The van der Waals surface area contributed by atoms with Gasteiger partial charge in [-0.1, -0.05) is 42.5 Å². The number of benzene rings is 2. The number of piperidine rings is 1. The minimum absolute atomic E-state index is 0.108. The molecule has 0 radical (unpaired) electrons. The molecule has 0 saturated carbocycles. The van der Waals surface area contributed by atoms with E-state index in [1.807, 2.05) is 24.3 Å². The number of nitrogens with one attached hydrogen (secondary N) is 1. The van der Waals surface area contributed by atoms with Crippen LogP contribution in [0.1, 0.15) is 31.2 Å². The van der Waals surface area contributed by atoms with E-state index in [0.717, 1.165) is 30.9 Å². The van der Waals surface area contributed by atoms with Gasteiger partial charge in [0.2, 0.25) is 5.91 Å². The van der Waals surface area contributed by atoms with Crippen LogP contribution < -0.4 is 14.8 Å². The van der Waals surface area contributed by atoms with Crippen LogP contribution in [0.15, 0.2) is 54.6 Å². The molecule has 2 aromatic rings. The van der Waals surface area contributed by atoms with E-state index in [2.05, 4.69) is 40.5 Å². The number of hydrogen-bond donors (Lipinski definition) is 1. The van der Waals surface area contributed by atoms with Crippen LogP contribution in [0.2, 0.25) is 0 Å². The standard InChI is InChI=1S/C24H28N2O3/c27-24(25-14-21-16-28-22-8-4-5-9-23(22)29-21)18-12-19-10-11-20(13-18)26(19)15-17-6-2-1-3-7-17/h1-9,18-21H,10-16H2,(H,25,27)/t18?,19-,20+,21?. The molecule has 2 aromatic carbocycles. The lowest BCUT2D eigenvalue weighted by Gasteiger charge is -2.38. The van der Waals surface area contributed by atoms with Crippen molar-refractivity contribution in [3.05, 3.63) is 60.2 Å². The SMILES string of the molecule is O=C(NCC1COc2ccccc2O1)C1C[C@H]2CC[C@@H](C1)N2Cc1ccccc1. The molecule has 1 N–H and O–H groups in total. The van der Waals surface area contributed by atoms with E-state index in [9.17, 15) is 4.79 Å². The minimum atomic E-state index is -0.135. The van der Waals surface area contributed by atoms with Crippen LogP contribution in [0.4, 0.5) is 0 Å². The first kappa shape index (κ1) is 18.5. The molecule has 2 fully saturated rings. The predicted molar refractivity (Wildman–Crippen MR) is 111 cm³/mol. The van der Waals surface area contributed by atoms with Crippen LogP contribution >= 0.6 is 0 Å². The molecule has 0 spiro atoms. The first-order chi connectivity index (χ1) is 14.3. The zero-order valence-corrected chi connectivity index (χ0v) is 16.6. The van der Waals surface area contributed by atoms with Crippen molar-refractivity contribution in [3.8, 4) is 11.5 Å². The van der Waals surface area contributed by atoms with Crippen molar-refractivity contribution in [1.29, 1.82) is 0 Å². The molecule has 3 heterocycles. The Hall–Kier alpha value is -2.53. The van der Waals surface area contributed by atoms with Crippen molar-refractivity contribution in [2.24, 2.45) is 5.92 Å². The summed E-state index contributed by atoms with van der Waals surface area (Å²) in [6.45, 7) is 1.96. The van der Waals surface area contributed by atoms with Crippen molar-refractivity contribution in [2.45, 2.75) is 50.4 Å². The molecule has 2 saturated heterocycles. The quantitative estimate of drug-likeness (QED) is 0.848. The molecule has 3 aliphatic rings. The Kier molecular flexibility index (Phi) is 5.15. The third kappa shape index (κ3) is 3.97. The van der Waals surface area contributed by atoms with Crippen molar-refractivity contribution < 1.29 is 14.3 Å². The molecule has 5 rings (SSSR count). The summed E-state index contributed by atoms with van der Waals surface area (Å²) < 4.78 is 11.7. The Bertz CT molecular complexity index is 842. The van der Waals surface area contributed by atoms with E-state index in [-0.39, 0.29) is 17.9 Å². The smallest absolute Gasteiger partial charge is 0.223 e. The molecule has 0 aliphatic carbocycles. The predicted octanol–water partition coefficient (Wildman–Crippen LogP) is 3.39. The fourth-order valence-corrected chi connectivity index (χ4v) is 5.06. The molecule has 5 nitrogen and oxygen atoms in total. The Labute approximate surface area is 172 Å². The second-order valence-electron chi connectivity index (χ2n) is 8.45. The lowest BCUT2D eigenvalue weighted by atomic mass is 9.89. The zero-order chi connectivity index (χ0) is 19.6. The molecular formula is C24H28N2O3. The molecule has 4 atom stereocenters. The number of carbonyl (C=O) groups is 1. The molecule has 152 valence electrons. The van der Waals surface area contributed by atoms with Gasteiger partial charge in [0.05, 0.1) is 6.54 Å². The largest absolute Gasteiger partial charge is 0.486 e. The third-order valence-corrected chi connectivity index (χ3v) is 6.53. The number of ether oxygens (including phenoxy) is 2. The lowest BCUT2D eigenvalue weighted by molar-refractivity contribution is -0.128. The van der Waals surface area contributed by atoms with Gasteiger partial charge in [0.1, 0.15) is 12.7 Å². The number of para-hydroxylation sites is 2. The van der Waals surface area contributed by atoms with E-state index < -0.39 is 0 Å². The summed E-state index contributed by atoms with van der Waals surface area (Å²) in [6.07, 6.45) is 4.19. The van der Waals surface area contributed by atoms with Crippen molar-refractivity contribution in [3.63, 3.8) is 0 Å².